The van der Waals surface area contributed by atoms with E-state index >= 15 is 0 Å². The van der Waals surface area contributed by atoms with Crippen LogP contribution in [0.3, 0.4) is 0 Å². The average Bonchev–Trinajstić information content (AvgIpc) is 3.18. The van der Waals surface area contributed by atoms with Crippen molar-refractivity contribution < 1.29 is 9.18 Å². The van der Waals surface area contributed by atoms with Gasteiger partial charge in [-0.3, -0.25) is 9.78 Å². The van der Waals surface area contributed by atoms with E-state index in [-0.39, 0.29) is 11.4 Å². The molecule has 1 aliphatic rings. The van der Waals surface area contributed by atoms with Crippen LogP contribution in [-0.2, 0) is 0 Å². The fourth-order valence-corrected chi connectivity index (χ4v) is 3.18. The summed E-state index contributed by atoms with van der Waals surface area (Å²) in [6, 6.07) is 5.03. The molecule has 2 N–H and O–H groups in total. The Kier molecular flexibility index (Phi) is 5.41. The van der Waals surface area contributed by atoms with Crippen LogP contribution in [0.4, 0.5) is 15.9 Å². The average molecular weight is 366 g/mol. The zero-order chi connectivity index (χ0) is 19.4. The maximum absolute atomic E-state index is 13.7. The van der Waals surface area contributed by atoms with Gasteiger partial charge in [0.05, 0.1) is 29.2 Å². The molecular formula is C21H23FN4O. The molecule has 0 aliphatic heterocycles. The highest BCUT2D eigenvalue weighted by molar-refractivity contribution is 5.99. The van der Waals surface area contributed by atoms with Crippen molar-refractivity contribution in [1.82, 2.24) is 15.3 Å². The van der Waals surface area contributed by atoms with Crippen molar-refractivity contribution in [1.29, 1.82) is 0 Å². The van der Waals surface area contributed by atoms with Gasteiger partial charge in [0.15, 0.2) is 0 Å². The fourth-order valence-electron chi connectivity index (χ4n) is 3.18. The number of aromatic nitrogens is 2. The molecule has 1 aliphatic carbocycles. The molecule has 6 heteroatoms. The minimum absolute atomic E-state index is 0.0817. The Bertz CT molecular complexity index is 865. The number of rotatable bonds is 5. The third kappa shape index (κ3) is 4.62. The van der Waals surface area contributed by atoms with Gasteiger partial charge in [0.1, 0.15) is 11.6 Å². The van der Waals surface area contributed by atoms with Gasteiger partial charge < -0.3 is 10.6 Å². The zero-order valence-electron chi connectivity index (χ0n) is 15.6. The number of hydrogen-bond acceptors (Lipinski definition) is 4. The first kappa shape index (κ1) is 18.8. The Hall–Kier alpha value is -2.94. The van der Waals surface area contributed by atoms with E-state index in [2.05, 4.69) is 26.5 Å². The Morgan fingerprint density at radius 1 is 1.26 bits per heavy atom. The summed E-state index contributed by atoms with van der Waals surface area (Å²) in [6.45, 7) is 3.38. The first-order valence-electron chi connectivity index (χ1n) is 9.07. The Labute approximate surface area is 158 Å². The van der Waals surface area contributed by atoms with Gasteiger partial charge in [-0.05, 0) is 44.9 Å². The normalized spacial score (nSPS) is 14.6. The second-order valence-electron chi connectivity index (χ2n) is 7.35. The first-order valence-corrected chi connectivity index (χ1v) is 9.07. The molecular weight excluding hydrogens is 343 g/mol. The van der Waals surface area contributed by atoms with Crippen LogP contribution < -0.4 is 10.6 Å². The number of halogens is 1. The van der Waals surface area contributed by atoms with Crippen LogP contribution in [0.1, 0.15) is 61.5 Å². The van der Waals surface area contributed by atoms with E-state index in [1.165, 1.54) is 25.7 Å². The lowest BCUT2D eigenvalue weighted by atomic mass is 10.0. The first-order chi connectivity index (χ1) is 12.9. The molecule has 140 valence electrons. The maximum atomic E-state index is 13.7. The number of terminal acetylenes is 1. The van der Waals surface area contributed by atoms with Crippen molar-refractivity contribution in [3.8, 4) is 12.3 Å². The van der Waals surface area contributed by atoms with Gasteiger partial charge >= 0.3 is 0 Å². The van der Waals surface area contributed by atoms with Gasteiger partial charge in [0.2, 0.25) is 0 Å². The molecule has 2 aromatic rings. The van der Waals surface area contributed by atoms with Crippen molar-refractivity contribution in [2.45, 2.75) is 51.0 Å². The lowest BCUT2D eigenvalue weighted by Gasteiger charge is -2.20. The topological polar surface area (TPSA) is 66.9 Å². The summed E-state index contributed by atoms with van der Waals surface area (Å²) < 4.78 is 13.7. The summed E-state index contributed by atoms with van der Waals surface area (Å²) in [5.74, 6) is 2.16. The minimum atomic E-state index is -0.856. The second-order valence-corrected chi connectivity index (χ2v) is 7.35. The molecule has 27 heavy (non-hydrogen) atoms. The monoisotopic (exact) mass is 366 g/mol. The fraction of sp³-hybridized carbons (Fsp3) is 0.381. The molecule has 0 atom stereocenters. The molecule has 0 aromatic carbocycles. The second kappa shape index (κ2) is 7.75. The molecule has 0 bridgehead atoms. The molecule has 2 aromatic heterocycles. The molecule has 1 fully saturated rings. The van der Waals surface area contributed by atoms with Crippen LogP contribution in [0.25, 0.3) is 0 Å². The van der Waals surface area contributed by atoms with Gasteiger partial charge in [-0.25, -0.2) is 9.37 Å². The van der Waals surface area contributed by atoms with Crippen LogP contribution in [0, 0.1) is 18.2 Å². The highest BCUT2D eigenvalue weighted by Crippen LogP contribution is 2.33. The summed E-state index contributed by atoms with van der Waals surface area (Å²) >= 11 is 0. The van der Waals surface area contributed by atoms with Gasteiger partial charge in [-0.1, -0.05) is 18.8 Å². The summed E-state index contributed by atoms with van der Waals surface area (Å²) in [6.07, 6.45) is 13.0. The third-order valence-corrected chi connectivity index (χ3v) is 4.71. The molecule has 2 heterocycles. The van der Waals surface area contributed by atoms with E-state index in [4.69, 9.17) is 6.42 Å². The van der Waals surface area contributed by atoms with Gasteiger partial charge in [0.25, 0.3) is 5.91 Å². The van der Waals surface area contributed by atoms with E-state index in [0.717, 1.165) is 18.0 Å². The van der Waals surface area contributed by atoms with Crippen LogP contribution in [-0.4, -0.2) is 21.4 Å². The van der Waals surface area contributed by atoms with E-state index in [0.29, 0.717) is 11.6 Å². The number of pyridine rings is 2. The number of carbonyl (C=O) groups excluding carboxylic acids is 1. The number of carbonyl (C=O) groups is 1. The Morgan fingerprint density at radius 2 is 2.00 bits per heavy atom. The van der Waals surface area contributed by atoms with Crippen molar-refractivity contribution in [2.75, 3.05) is 5.32 Å². The van der Waals surface area contributed by atoms with Gasteiger partial charge in [0, 0.05) is 11.6 Å². The lowest BCUT2D eigenvalue weighted by molar-refractivity contribution is 0.0930. The van der Waals surface area contributed by atoms with Crippen LogP contribution in [0.5, 0.6) is 0 Å². The predicted molar refractivity (Wildman–Crippen MR) is 103 cm³/mol. The largest absolute Gasteiger partial charge is 0.338 e. The van der Waals surface area contributed by atoms with Crippen LogP contribution in [0.15, 0.2) is 30.6 Å². The summed E-state index contributed by atoms with van der Waals surface area (Å²) in [4.78, 5) is 21.1. The Morgan fingerprint density at radius 3 is 2.63 bits per heavy atom. The smallest absolute Gasteiger partial charge is 0.256 e. The quantitative estimate of drug-likeness (QED) is 0.780. The number of anilines is 2. The molecule has 0 radical (unpaired) electrons. The number of nitrogens with one attached hydrogen (secondary N) is 2. The number of nitrogens with zero attached hydrogens (tertiary/aromatic N) is 2. The van der Waals surface area contributed by atoms with Gasteiger partial charge in [-0.15, -0.1) is 6.42 Å². The number of hydrogen-bond donors (Lipinski definition) is 2. The van der Waals surface area contributed by atoms with E-state index in [1.54, 1.807) is 20.0 Å². The Balaban J connectivity index is 1.80. The summed E-state index contributed by atoms with van der Waals surface area (Å²) in [5, 5.41) is 5.73. The molecule has 1 amide bonds. The van der Waals surface area contributed by atoms with Crippen molar-refractivity contribution in [2.24, 2.45) is 0 Å². The standard InChI is InChI=1S/C21H23FN4O/c1-4-21(2,3)26-20(27)17-11-15(22)12-24-19(17)25-16-9-10-18(23-13-16)14-7-5-6-8-14/h1,9-14H,5-8H2,2-3H3,(H,24,25)(H,26,27). The predicted octanol–water partition coefficient (Wildman–Crippen LogP) is 4.16. The molecule has 0 unspecified atom stereocenters. The minimum Gasteiger partial charge on any atom is -0.338 e. The summed E-state index contributed by atoms with van der Waals surface area (Å²) in [7, 11) is 0. The molecule has 0 saturated heterocycles. The zero-order valence-corrected chi connectivity index (χ0v) is 15.6. The van der Waals surface area contributed by atoms with Crippen molar-refractivity contribution in [3.05, 3.63) is 47.7 Å². The molecule has 0 spiro atoms. The molecule has 5 nitrogen and oxygen atoms in total. The van der Waals surface area contributed by atoms with E-state index in [1.807, 2.05) is 12.1 Å². The van der Waals surface area contributed by atoms with E-state index < -0.39 is 17.3 Å². The van der Waals surface area contributed by atoms with E-state index in [9.17, 15) is 9.18 Å². The SMILES string of the molecule is C#CC(C)(C)NC(=O)c1cc(F)cnc1Nc1ccc(C2CCCC2)nc1. The highest BCUT2D eigenvalue weighted by atomic mass is 19.1. The lowest BCUT2D eigenvalue weighted by Crippen LogP contribution is -2.42. The molecule has 1 saturated carbocycles. The highest BCUT2D eigenvalue weighted by Gasteiger charge is 2.22. The van der Waals surface area contributed by atoms with Crippen molar-refractivity contribution >= 4 is 17.4 Å². The number of amides is 1. The van der Waals surface area contributed by atoms with Crippen molar-refractivity contribution in [3.63, 3.8) is 0 Å². The summed E-state index contributed by atoms with van der Waals surface area (Å²) in [5.41, 5.74) is 0.990. The van der Waals surface area contributed by atoms with Gasteiger partial charge in [-0.2, -0.15) is 0 Å². The third-order valence-electron chi connectivity index (χ3n) is 4.71. The molecule has 3 rings (SSSR count). The van der Waals surface area contributed by atoms with Crippen LogP contribution >= 0.6 is 0 Å². The van der Waals surface area contributed by atoms with Crippen LogP contribution in [0.2, 0.25) is 0 Å². The maximum Gasteiger partial charge on any atom is 0.256 e.